The topological polar surface area (TPSA) is 46.5 Å². The number of halogens is 2. The lowest BCUT2D eigenvalue weighted by atomic mass is 10.1. The first-order chi connectivity index (χ1) is 9.56. The molecule has 20 heavy (non-hydrogen) atoms. The van der Waals surface area contributed by atoms with E-state index in [9.17, 15) is 13.6 Å². The van der Waals surface area contributed by atoms with E-state index in [4.69, 9.17) is 9.84 Å². The molecule has 0 saturated heterocycles. The van der Waals surface area contributed by atoms with Crippen LogP contribution in [-0.4, -0.2) is 17.7 Å². The molecule has 3 nitrogen and oxygen atoms in total. The molecule has 0 atom stereocenters. The Labute approximate surface area is 115 Å². The number of ether oxygens (including phenoxy) is 1. The minimum Gasteiger partial charge on any atom is -0.487 e. The third-order valence-corrected chi connectivity index (χ3v) is 3.38. The molecular formula is C15H16F2O3. The summed E-state index contributed by atoms with van der Waals surface area (Å²) in [5.41, 5.74) is 0.149. The molecule has 1 aliphatic carbocycles. The number of aliphatic carboxylic acids is 1. The molecule has 0 bridgehead atoms. The molecular weight excluding hydrogens is 266 g/mol. The van der Waals surface area contributed by atoms with Crippen LogP contribution in [-0.2, 0) is 4.79 Å². The molecule has 1 saturated carbocycles. The molecule has 1 aliphatic rings. The highest BCUT2D eigenvalue weighted by Gasteiger charge is 2.18. The molecule has 1 fully saturated rings. The fourth-order valence-electron chi connectivity index (χ4n) is 2.36. The van der Waals surface area contributed by atoms with Gasteiger partial charge in [-0.3, -0.25) is 0 Å². The first-order valence-corrected chi connectivity index (χ1v) is 6.59. The Hall–Kier alpha value is -1.91. The van der Waals surface area contributed by atoms with Crippen LogP contribution in [0, 0.1) is 17.6 Å². The molecule has 2 rings (SSSR count). The maximum absolute atomic E-state index is 13.8. The Morgan fingerprint density at radius 1 is 1.30 bits per heavy atom. The predicted molar refractivity (Wildman–Crippen MR) is 70.5 cm³/mol. The normalized spacial score (nSPS) is 15.9. The predicted octanol–water partition coefficient (Wildman–Crippen LogP) is 3.63. The minimum absolute atomic E-state index is 0.149. The molecule has 0 radical (unpaired) electrons. The van der Waals surface area contributed by atoms with Crippen LogP contribution in [0.25, 0.3) is 6.08 Å². The number of carboxylic acid groups (broad SMARTS) is 1. The average molecular weight is 282 g/mol. The maximum atomic E-state index is 13.8. The van der Waals surface area contributed by atoms with Gasteiger partial charge < -0.3 is 9.84 Å². The van der Waals surface area contributed by atoms with Gasteiger partial charge in [0.15, 0.2) is 17.4 Å². The first kappa shape index (κ1) is 14.5. The van der Waals surface area contributed by atoms with Gasteiger partial charge in [0.05, 0.1) is 6.61 Å². The molecule has 0 aliphatic heterocycles. The highest BCUT2D eigenvalue weighted by atomic mass is 19.1. The van der Waals surface area contributed by atoms with E-state index in [2.05, 4.69) is 0 Å². The van der Waals surface area contributed by atoms with E-state index in [1.54, 1.807) is 0 Å². The number of carbonyl (C=O) groups is 1. The molecule has 0 unspecified atom stereocenters. The van der Waals surface area contributed by atoms with Crippen LogP contribution in [0.1, 0.15) is 31.2 Å². The van der Waals surface area contributed by atoms with Gasteiger partial charge in [0.25, 0.3) is 0 Å². The summed E-state index contributed by atoms with van der Waals surface area (Å²) in [6, 6.07) is 2.12. The molecule has 0 aromatic heterocycles. The van der Waals surface area contributed by atoms with E-state index in [0.29, 0.717) is 12.5 Å². The van der Waals surface area contributed by atoms with E-state index in [1.165, 1.54) is 0 Å². The molecule has 1 aromatic carbocycles. The van der Waals surface area contributed by atoms with Gasteiger partial charge in [-0.1, -0.05) is 12.8 Å². The minimum atomic E-state index is -1.17. The number of benzene rings is 1. The lowest BCUT2D eigenvalue weighted by Crippen LogP contribution is -2.10. The molecule has 108 valence electrons. The van der Waals surface area contributed by atoms with Crippen molar-refractivity contribution in [1.29, 1.82) is 0 Å². The van der Waals surface area contributed by atoms with Gasteiger partial charge >= 0.3 is 5.97 Å². The van der Waals surface area contributed by atoms with Gasteiger partial charge in [0.2, 0.25) is 0 Å². The second-order valence-electron chi connectivity index (χ2n) is 4.95. The maximum Gasteiger partial charge on any atom is 0.328 e. The average Bonchev–Trinajstić information content (AvgIpc) is 2.88. The number of hydrogen-bond acceptors (Lipinski definition) is 2. The highest BCUT2D eigenvalue weighted by Crippen LogP contribution is 2.28. The lowest BCUT2D eigenvalue weighted by Gasteiger charge is -2.13. The van der Waals surface area contributed by atoms with Gasteiger partial charge in [0.1, 0.15) is 0 Å². The standard InChI is InChI=1S/C15H16F2O3/c16-12-7-11(5-6-14(18)19)8-13(17)15(12)20-9-10-3-1-2-4-10/h5-8,10H,1-4,9H2,(H,18,19)/b6-5+. The number of rotatable bonds is 5. The van der Waals surface area contributed by atoms with Crippen LogP contribution in [0.4, 0.5) is 8.78 Å². The molecule has 5 heteroatoms. The highest BCUT2D eigenvalue weighted by molar-refractivity contribution is 5.85. The Balaban J connectivity index is 2.07. The second kappa shape index (κ2) is 6.50. The third kappa shape index (κ3) is 3.79. The van der Waals surface area contributed by atoms with Crippen molar-refractivity contribution >= 4 is 12.0 Å². The fraction of sp³-hybridized carbons (Fsp3) is 0.400. The SMILES string of the molecule is O=C(O)/C=C/c1cc(F)c(OCC2CCCC2)c(F)c1. The van der Waals surface area contributed by atoms with Gasteiger partial charge in [-0.25, -0.2) is 13.6 Å². The van der Waals surface area contributed by atoms with Crippen LogP contribution in [0.15, 0.2) is 18.2 Å². The molecule has 0 spiro atoms. The van der Waals surface area contributed by atoms with Gasteiger partial charge in [0, 0.05) is 6.08 Å². The van der Waals surface area contributed by atoms with Gasteiger partial charge in [-0.05, 0) is 42.5 Å². The summed E-state index contributed by atoms with van der Waals surface area (Å²) in [7, 11) is 0. The van der Waals surface area contributed by atoms with E-state index in [0.717, 1.165) is 50.0 Å². The van der Waals surface area contributed by atoms with Crippen LogP contribution >= 0.6 is 0 Å². The monoisotopic (exact) mass is 282 g/mol. The Bertz CT molecular complexity index is 497. The van der Waals surface area contributed by atoms with Crippen LogP contribution < -0.4 is 4.74 Å². The summed E-state index contributed by atoms with van der Waals surface area (Å²) in [4.78, 5) is 10.4. The van der Waals surface area contributed by atoms with Crippen LogP contribution in [0.3, 0.4) is 0 Å². The summed E-state index contributed by atoms with van der Waals surface area (Å²) in [6.45, 7) is 0.318. The summed E-state index contributed by atoms with van der Waals surface area (Å²) in [5.74, 6) is -2.82. The summed E-state index contributed by atoms with van der Waals surface area (Å²) in [5, 5.41) is 8.47. The van der Waals surface area contributed by atoms with Crippen molar-refractivity contribution in [2.45, 2.75) is 25.7 Å². The summed E-state index contributed by atoms with van der Waals surface area (Å²) in [6.07, 6.45) is 6.30. The first-order valence-electron chi connectivity index (χ1n) is 6.59. The van der Waals surface area contributed by atoms with Gasteiger partial charge in [-0.2, -0.15) is 0 Å². The van der Waals surface area contributed by atoms with Crippen molar-refractivity contribution in [3.05, 3.63) is 35.4 Å². The van der Waals surface area contributed by atoms with E-state index in [-0.39, 0.29) is 11.3 Å². The Kier molecular flexibility index (Phi) is 4.71. The Morgan fingerprint density at radius 3 is 2.45 bits per heavy atom. The van der Waals surface area contributed by atoms with Crippen molar-refractivity contribution < 1.29 is 23.4 Å². The second-order valence-corrected chi connectivity index (χ2v) is 4.95. The van der Waals surface area contributed by atoms with Crippen molar-refractivity contribution in [2.24, 2.45) is 5.92 Å². The summed E-state index contributed by atoms with van der Waals surface area (Å²) < 4.78 is 32.8. The lowest BCUT2D eigenvalue weighted by molar-refractivity contribution is -0.131. The summed E-state index contributed by atoms with van der Waals surface area (Å²) >= 11 is 0. The zero-order valence-electron chi connectivity index (χ0n) is 10.9. The van der Waals surface area contributed by atoms with E-state index in [1.807, 2.05) is 0 Å². The smallest absolute Gasteiger partial charge is 0.328 e. The number of carboxylic acids is 1. The van der Waals surface area contributed by atoms with Crippen LogP contribution in [0.2, 0.25) is 0 Å². The Morgan fingerprint density at radius 2 is 1.90 bits per heavy atom. The van der Waals surface area contributed by atoms with E-state index < -0.39 is 17.6 Å². The third-order valence-electron chi connectivity index (χ3n) is 3.38. The molecule has 0 heterocycles. The fourth-order valence-corrected chi connectivity index (χ4v) is 2.36. The zero-order valence-corrected chi connectivity index (χ0v) is 10.9. The van der Waals surface area contributed by atoms with Gasteiger partial charge in [-0.15, -0.1) is 0 Å². The van der Waals surface area contributed by atoms with Crippen molar-refractivity contribution in [3.8, 4) is 5.75 Å². The van der Waals surface area contributed by atoms with Crippen molar-refractivity contribution in [3.63, 3.8) is 0 Å². The molecule has 0 amide bonds. The largest absolute Gasteiger partial charge is 0.487 e. The molecule has 1 N–H and O–H groups in total. The van der Waals surface area contributed by atoms with Crippen molar-refractivity contribution in [1.82, 2.24) is 0 Å². The zero-order chi connectivity index (χ0) is 14.5. The van der Waals surface area contributed by atoms with Crippen LogP contribution in [0.5, 0.6) is 5.75 Å². The van der Waals surface area contributed by atoms with E-state index >= 15 is 0 Å². The molecule has 1 aromatic rings. The number of hydrogen-bond donors (Lipinski definition) is 1. The quantitative estimate of drug-likeness (QED) is 0.839. The van der Waals surface area contributed by atoms with Crippen molar-refractivity contribution in [2.75, 3.05) is 6.61 Å².